The Bertz CT molecular complexity index is 285. The Balaban J connectivity index is 2.65. The van der Waals surface area contributed by atoms with Crippen molar-refractivity contribution in [2.75, 3.05) is 13.2 Å². The molecule has 72 valence electrons. The summed E-state index contributed by atoms with van der Waals surface area (Å²) in [7, 11) is 0. The number of aryl methyl sites for hydroxylation is 1. The molecule has 13 heavy (non-hydrogen) atoms. The lowest BCUT2D eigenvalue weighted by Crippen LogP contribution is -2.09. The van der Waals surface area contributed by atoms with Crippen LogP contribution in [0.4, 0.5) is 0 Å². The summed E-state index contributed by atoms with van der Waals surface area (Å²) in [6, 6.07) is 0. The first-order valence-corrected chi connectivity index (χ1v) is 4.99. The number of carbonyl (C=O) groups is 1. The maximum absolute atomic E-state index is 11.4. The predicted octanol–water partition coefficient (Wildman–Crippen LogP) is 1.32. The normalized spacial score (nSPS) is 10.3. The van der Waals surface area contributed by atoms with Crippen molar-refractivity contribution in [3.8, 4) is 0 Å². The maximum atomic E-state index is 11.4. The van der Waals surface area contributed by atoms with Crippen LogP contribution in [0.15, 0.2) is 0 Å². The molecule has 1 rings (SSSR count). The van der Waals surface area contributed by atoms with E-state index in [4.69, 9.17) is 4.74 Å². The summed E-state index contributed by atoms with van der Waals surface area (Å²) in [6.45, 7) is 4.50. The third-order valence-electron chi connectivity index (χ3n) is 1.58. The molecule has 0 N–H and O–H groups in total. The number of rotatable bonds is 5. The molecule has 0 fully saturated rings. The van der Waals surface area contributed by atoms with E-state index in [1.165, 1.54) is 0 Å². The van der Waals surface area contributed by atoms with Gasteiger partial charge in [0.25, 0.3) is 0 Å². The SMILES string of the molecule is CCOCC(=O)c1snnc1CC. The van der Waals surface area contributed by atoms with Gasteiger partial charge >= 0.3 is 0 Å². The molecule has 0 saturated carbocycles. The summed E-state index contributed by atoms with van der Waals surface area (Å²) in [5.41, 5.74) is 0.773. The first kappa shape index (κ1) is 10.3. The standard InChI is InChI=1S/C8H12N2O2S/c1-3-6-8(13-10-9-6)7(11)5-12-4-2/h3-5H2,1-2H3. The zero-order valence-corrected chi connectivity index (χ0v) is 8.56. The van der Waals surface area contributed by atoms with Crippen LogP contribution in [-0.4, -0.2) is 28.6 Å². The number of ether oxygens (including phenoxy) is 1. The fraction of sp³-hybridized carbons (Fsp3) is 0.625. The second kappa shape index (κ2) is 5.04. The van der Waals surface area contributed by atoms with Gasteiger partial charge in [-0.2, -0.15) is 0 Å². The second-order valence-electron chi connectivity index (χ2n) is 2.46. The van der Waals surface area contributed by atoms with Gasteiger partial charge < -0.3 is 4.74 Å². The minimum absolute atomic E-state index is 0.0197. The molecule has 1 aromatic heterocycles. The Kier molecular flexibility index (Phi) is 3.98. The number of Topliss-reactive ketones (excluding diaryl/α,β-unsaturated/α-hetero) is 1. The minimum atomic E-state index is -0.0197. The zero-order valence-electron chi connectivity index (χ0n) is 7.74. The van der Waals surface area contributed by atoms with Gasteiger partial charge in [-0.25, -0.2) is 0 Å². The van der Waals surface area contributed by atoms with E-state index in [2.05, 4.69) is 9.59 Å². The number of aromatic nitrogens is 2. The molecule has 0 radical (unpaired) electrons. The molecule has 0 aliphatic heterocycles. The van der Waals surface area contributed by atoms with Crippen LogP contribution >= 0.6 is 11.5 Å². The first-order valence-electron chi connectivity index (χ1n) is 4.21. The van der Waals surface area contributed by atoms with Crippen molar-refractivity contribution in [3.05, 3.63) is 10.6 Å². The summed E-state index contributed by atoms with van der Waals surface area (Å²) in [5, 5.41) is 3.86. The van der Waals surface area contributed by atoms with E-state index in [-0.39, 0.29) is 12.4 Å². The van der Waals surface area contributed by atoms with E-state index >= 15 is 0 Å². The van der Waals surface area contributed by atoms with Gasteiger partial charge in [0.05, 0.1) is 5.69 Å². The van der Waals surface area contributed by atoms with Gasteiger partial charge in [-0.05, 0) is 24.9 Å². The van der Waals surface area contributed by atoms with Crippen LogP contribution in [-0.2, 0) is 11.2 Å². The van der Waals surface area contributed by atoms with E-state index in [0.717, 1.165) is 23.6 Å². The van der Waals surface area contributed by atoms with Gasteiger partial charge in [0.2, 0.25) is 5.78 Å². The first-order chi connectivity index (χ1) is 6.29. The Labute approximate surface area is 81.1 Å². The molecule has 1 aromatic rings. The van der Waals surface area contributed by atoms with Crippen molar-refractivity contribution < 1.29 is 9.53 Å². The molecule has 0 spiro atoms. The molecule has 4 nitrogen and oxygen atoms in total. The van der Waals surface area contributed by atoms with Crippen molar-refractivity contribution in [3.63, 3.8) is 0 Å². The van der Waals surface area contributed by atoms with E-state index in [1.807, 2.05) is 13.8 Å². The summed E-state index contributed by atoms with van der Waals surface area (Å²) in [6.07, 6.45) is 0.740. The van der Waals surface area contributed by atoms with Crippen LogP contribution in [0, 0.1) is 0 Å². The number of hydrogen-bond donors (Lipinski definition) is 0. The van der Waals surface area contributed by atoms with Crippen LogP contribution in [0.2, 0.25) is 0 Å². The van der Waals surface area contributed by atoms with Gasteiger partial charge in [0, 0.05) is 6.61 Å². The Morgan fingerprint density at radius 2 is 2.31 bits per heavy atom. The van der Waals surface area contributed by atoms with Crippen molar-refractivity contribution >= 4 is 17.3 Å². The van der Waals surface area contributed by atoms with Crippen molar-refractivity contribution in [1.82, 2.24) is 9.59 Å². The van der Waals surface area contributed by atoms with Crippen LogP contribution in [0.5, 0.6) is 0 Å². The molecule has 0 aromatic carbocycles. The van der Waals surface area contributed by atoms with E-state index in [0.29, 0.717) is 11.5 Å². The summed E-state index contributed by atoms with van der Waals surface area (Å²) >= 11 is 1.14. The highest BCUT2D eigenvalue weighted by atomic mass is 32.1. The molecule has 0 aliphatic carbocycles. The predicted molar refractivity (Wildman–Crippen MR) is 50.1 cm³/mol. The second-order valence-corrected chi connectivity index (χ2v) is 3.22. The van der Waals surface area contributed by atoms with Crippen LogP contribution in [0.1, 0.15) is 29.2 Å². The molecule has 1 heterocycles. The van der Waals surface area contributed by atoms with E-state index in [9.17, 15) is 4.79 Å². The highest BCUT2D eigenvalue weighted by Gasteiger charge is 2.14. The van der Waals surface area contributed by atoms with Crippen molar-refractivity contribution in [2.24, 2.45) is 0 Å². The number of hydrogen-bond acceptors (Lipinski definition) is 5. The fourth-order valence-electron chi connectivity index (χ4n) is 0.912. The molecule has 0 saturated heterocycles. The Morgan fingerprint density at radius 3 is 2.92 bits per heavy atom. The lowest BCUT2D eigenvalue weighted by atomic mass is 10.2. The largest absolute Gasteiger partial charge is 0.374 e. The molecule has 0 amide bonds. The molecular formula is C8H12N2O2S. The van der Waals surface area contributed by atoms with Gasteiger partial charge in [-0.3, -0.25) is 4.79 Å². The summed E-state index contributed by atoms with van der Waals surface area (Å²) in [5.74, 6) is -0.0197. The van der Waals surface area contributed by atoms with Crippen molar-refractivity contribution in [1.29, 1.82) is 0 Å². The van der Waals surface area contributed by atoms with Gasteiger partial charge in [0.1, 0.15) is 11.5 Å². The Hall–Kier alpha value is -0.810. The average Bonchev–Trinajstić information content (AvgIpc) is 2.61. The zero-order chi connectivity index (χ0) is 9.68. The number of nitrogens with zero attached hydrogens (tertiary/aromatic N) is 2. The highest BCUT2D eigenvalue weighted by Crippen LogP contribution is 2.11. The lowest BCUT2D eigenvalue weighted by Gasteiger charge is -1.98. The van der Waals surface area contributed by atoms with Crippen LogP contribution in [0.25, 0.3) is 0 Å². The van der Waals surface area contributed by atoms with Gasteiger partial charge in [-0.1, -0.05) is 11.4 Å². The molecule has 0 atom stereocenters. The van der Waals surface area contributed by atoms with Crippen molar-refractivity contribution in [2.45, 2.75) is 20.3 Å². The fourth-order valence-corrected chi connectivity index (χ4v) is 1.58. The Morgan fingerprint density at radius 1 is 1.54 bits per heavy atom. The third-order valence-corrected chi connectivity index (χ3v) is 2.39. The molecular weight excluding hydrogens is 188 g/mol. The average molecular weight is 200 g/mol. The molecule has 0 bridgehead atoms. The van der Waals surface area contributed by atoms with Crippen LogP contribution < -0.4 is 0 Å². The topological polar surface area (TPSA) is 52.1 Å². The van der Waals surface area contributed by atoms with E-state index < -0.39 is 0 Å². The number of ketones is 1. The van der Waals surface area contributed by atoms with Gasteiger partial charge in [-0.15, -0.1) is 5.10 Å². The highest BCUT2D eigenvalue weighted by molar-refractivity contribution is 7.08. The minimum Gasteiger partial charge on any atom is -0.374 e. The van der Waals surface area contributed by atoms with E-state index in [1.54, 1.807) is 0 Å². The smallest absolute Gasteiger partial charge is 0.201 e. The lowest BCUT2D eigenvalue weighted by molar-refractivity contribution is 0.0786. The third kappa shape index (κ3) is 2.57. The molecule has 0 unspecified atom stereocenters. The monoisotopic (exact) mass is 200 g/mol. The quantitative estimate of drug-likeness (QED) is 0.673. The summed E-state index contributed by atoms with van der Waals surface area (Å²) in [4.78, 5) is 12.1. The van der Waals surface area contributed by atoms with Crippen LogP contribution in [0.3, 0.4) is 0 Å². The summed E-state index contributed by atoms with van der Waals surface area (Å²) < 4.78 is 8.76. The maximum Gasteiger partial charge on any atom is 0.201 e. The van der Waals surface area contributed by atoms with Gasteiger partial charge in [0.15, 0.2) is 0 Å². The molecule has 0 aliphatic rings. The molecule has 5 heteroatoms. The number of carbonyl (C=O) groups excluding carboxylic acids is 1.